The van der Waals surface area contributed by atoms with Crippen molar-refractivity contribution in [3.63, 3.8) is 0 Å². The topological polar surface area (TPSA) is 72.9 Å². The largest absolute Gasteiger partial charge is 0.465 e. The first-order valence-electron chi connectivity index (χ1n) is 8.80. The number of halogens is 4. The molecular formula is C18H23F4N3O3. The Hall–Kier alpha value is -2.36. The number of carbonyl (C=O) groups excluding carboxylic acids is 1. The third kappa shape index (κ3) is 5.12. The average Bonchev–Trinajstić information content (AvgIpc) is 2.64. The number of hydrogen-bond acceptors (Lipinski definition) is 4. The Labute approximate surface area is 160 Å². The highest BCUT2D eigenvalue weighted by Gasteiger charge is 2.43. The Balaban J connectivity index is 2.08. The number of likely N-dealkylation sites (N-methyl/N-ethyl adjacent to an activating group) is 1. The van der Waals surface area contributed by atoms with Gasteiger partial charge in [-0.2, -0.15) is 13.2 Å². The van der Waals surface area contributed by atoms with Gasteiger partial charge in [-0.1, -0.05) is 6.07 Å². The van der Waals surface area contributed by atoms with Gasteiger partial charge in [0, 0.05) is 38.2 Å². The van der Waals surface area contributed by atoms with Crippen molar-refractivity contribution in [1.82, 2.24) is 10.2 Å². The van der Waals surface area contributed by atoms with E-state index in [0.29, 0.717) is 12.0 Å². The second-order valence-corrected chi connectivity index (χ2v) is 6.77. The molecule has 1 aromatic carbocycles. The second kappa shape index (κ2) is 8.76. The number of aldehydes is 1. The van der Waals surface area contributed by atoms with Crippen molar-refractivity contribution in [1.29, 1.82) is 0 Å². The molecule has 0 aromatic heterocycles. The summed E-state index contributed by atoms with van der Waals surface area (Å²) in [6.07, 6.45) is -5.31. The fourth-order valence-corrected chi connectivity index (χ4v) is 3.42. The fourth-order valence-electron chi connectivity index (χ4n) is 3.42. The minimum absolute atomic E-state index is 0.0172. The van der Waals surface area contributed by atoms with Crippen LogP contribution in [0.2, 0.25) is 0 Å². The van der Waals surface area contributed by atoms with Crippen LogP contribution in [-0.2, 0) is 11.0 Å². The van der Waals surface area contributed by atoms with Gasteiger partial charge in [0.15, 0.2) is 0 Å². The van der Waals surface area contributed by atoms with E-state index in [9.17, 15) is 22.8 Å². The van der Waals surface area contributed by atoms with Crippen molar-refractivity contribution in [3.05, 3.63) is 29.8 Å². The number of nitrogens with one attached hydrogen (secondary N) is 1. The molecule has 1 unspecified atom stereocenters. The van der Waals surface area contributed by atoms with Gasteiger partial charge in [0.1, 0.15) is 12.0 Å². The maximum Gasteiger partial charge on any atom is 0.416 e. The molecule has 1 atom stereocenters. The number of benzene rings is 1. The van der Waals surface area contributed by atoms with E-state index in [1.54, 1.807) is 11.0 Å². The van der Waals surface area contributed by atoms with E-state index in [1.807, 2.05) is 0 Å². The van der Waals surface area contributed by atoms with Gasteiger partial charge in [-0.15, -0.1) is 0 Å². The van der Waals surface area contributed by atoms with E-state index in [4.69, 9.17) is 5.11 Å². The van der Waals surface area contributed by atoms with Gasteiger partial charge in [0.2, 0.25) is 0 Å². The Kier molecular flexibility index (Phi) is 6.87. The summed E-state index contributed by atoms with van der Waals surface area (Å²) >= 11 is 0. The molecule has 156 valence electrons. The molecule has 1 saturated heterocycles. The number of anilines is 1. The number of nitrogens with zero attached hydrogens (tertiary/aromatic N) is 2. The molecule has 1 heterocycles. The number of carbonyl (C=O) groups is 2. The van der Waals surface area contributed by atoms with Gasteiger partial charge in [-0.05, 0) is 25.2 Å². The molecule has 1 aliphatic rings. The maximum absolute atomic E-state index is 15.5. The lowest BCUT2D eigenvalue weighted by Gasteiger charge is -2.42. The number of amides is 1. The summed E-state index contributed by atoms with van der Waals surface area (Å²) in [4.78, 5) is 24.3. The highest BCUT2D eigenvalue weighted by Crippen LogP contribution is 2.35. The van der Waals surface area contributed by atoms with Crippen LogP contribution in [0.5, 0.6) is 0 Å². The Morgan fingerprint density at radius 3 is 2.54 bits per heavy atom. The minimum Gasteiger partial charge on any atom is -0.465 e. The van der Waals surface area contributed by atoms with Gasteiger partial charge in [-0.25, -0.2) is 9.18 Å². The van der Waals surface area contributed by atoms with Crippen LogP contribution in [0.1, 0.15) is 18.4 Å². The first kappa shape index (κ1) is 21.9. The number of carboxylic acid groups (broad SMARTS) is 1. The van der Waals surface area contributed by atoms with Crippen LogP contribution in [0.3, 0.4) is 0 Å². The van der Waals surface area contributed by atoms with Gasteiger partial charge in [0.05, 0.1) is 18.2 Å². The van der Waals surface area contributed by atoms with Crippen molar-refractivity contribution in [3.8, 4) is 0 Å². The molecule has 0 aliphatic carbocycles. The summed E-state index contributed by atoms with van der Waals surface area (Å²) in [6.45, 7) is -0.182. The Bertz CT molecular complexity index is 691. The molecule has 0 bridgehead atoms. The van der Waals surface area contributed by atoms with Crippen molar-refractivity contribution in [2.75, 3.05) is 38.1 Å². The van der Waals surface area contributed by atoms with Crippen LogP contribution in [0.25, 0.3) is 0 Å². The third-order valence-corrected chi connectivity index (χ3v) is 5.07. The summed E-state index contributed by atoms with van der Waals surface area (Å²) < 4.78 is 54.2. The zero-order valence-electron chi connectivity index (χ0n) is 15.4. The van der Waals surface area contributed by atoms with Crippen molar-refractivity contribution >= 4 is 18.1 Å². The lowest BCUT2D eigenvalue weighted by molar-refractivity contribution is -0.137. The normalized spacial score (nSPS) is 17.8. The van der Waals surface area contributed by atoms with Crippen molar-refractivity contribution in [2.45, 2.75) is 30.7 Å². The lowest BCUT2D eigenvalue weighted by Crippen LogP contribution is -2.58. The number of hydrogen-bond donors (Lipinski definition) is 2. The van der Waals surface area contributed by atoms with Gasteiger partial charge in [-0.3, -0.25) is 4.90 Å². The smallest absolute Gasteiger partial charge is 0.416 e. The summed E-state index contributed by atoms with van der Waals surface area (Å²) in [5, 5.41) is 11.9. The molecule has 0 saturated carbocycles. The van der Waals surface area contributed by atoms with Gasteiger partial charge >= 0.3 is 12.3 Å². The molecule has 0 spiro atoms. The molecule has 28 heavy (non-hydrogen) atoms. The van der Waals surface area contributed by atoms with Crippen molar-refractivity contribution in [2.24, 2.45) is 0 Å². The molecule has 2 rings (SSSR count). The number of piperidine rings is 1. The highest BCUT2D eigenvalue weighted by atomic mass is 19.4. The molecule has 1 fully saturated rings. The van der Waals surface area contributed by atoms with E-state index in [2.05, 4.69) is 5.32 Å². The highest BCUT2D eigenvalue weighted by molar-refractivity contribution is 5.69. The van der Waals surface area contributed by atoms with E-state index < -0.39 is 29.5 Å². The van der Waals surface area contributed by atoms with Crippen LogP contribution in [0.4, 0.5) is 28.0 Å². The van der Waals surface area contributed by atoms with Crippen LogP contribution in [0.15, 0.2) is 24.3 Å². The van der Waals surface area contributed by atoms with Crippen LogP contribution in [-0.4, -0.2) is 67.3 Å². The SMILES string of the molecule is CNC(CN(CC=O)C(=O)O)C1(F)CCN(c2cccc(C(F)(F)F)c2)CC1. The summed E-state index contributed by atoms with van der Waals surface area (Å²) in [5.74, 6) is 0. The van der Waals surface area contributed by atoms with Gasteiger partial charge < -0.3 is 20.1 Å². The van der Waals surface area contributed by atoms with E-state index in [-0.39, 0.29) is 39.0 Å². The zero-order valence-corrected chi connectivity index (χ0v) is 15.4. The van der Waals surface area contributed by atoms with E-state index >= 15 is 4.39 Å². The first-order chi connectivity index (χ1) is 13.1. The lowest BCUT2D eigenvalue weighted by atomic mass is 9.85. The maximum atomic E-state index is 15.5. The zero-order chi connectivity index (χ0) is 20.9. The van der Waals surface area contributed by atoms with E-state index in [1.165, 1.54) is 13.1 Å². The summed E-state index contributed by atoms with van der Waals surface area (Å²) in [5.41, 5.74) is -2.14. The van der Waals surface area contributed by atoms with Crippen LogP contribution in [0, 0.1) is 0 Å². The van der Waals surface area contributed by atoms with Crippen LogP contribution < -0.4 is 10.2 Å². The molecule has 1 aromatic rings. The second-order valence-electron chi connectivity index (χ2n) is 6.77. The molecule has 10 heteroatoms. The van der Waals surface area contributed by atoms with Gasteiger partial charge in [0.25, 0.3) is 0 Å². The Morgan fingerprint density at radius 1 is 1.39 bits per heavy atom. The molecule has 1 aliphatic heterocycles. The monoisotopic (exact) mass is 405 g/mol. The predicted molar refractivity (Wildman–Crippen MR) is 95.2 cm³/mol. The standard InChI is InChI=1S/C18H23F4N3O3/c1-23-15(12-25(9-10-26)16(27)28)17(19)5-7-24(8-6-17)14-4-2-3-13(11-14)18(20,21)22/h2-4,10-11,15,23H,5-9,12H2,1H3,(H,27,28). The quantitative estimate of drug-likeness (QED) is 0.539. The van der Waals surface area contributed by atoms with Crippen molar-refractivity contribution < 1.29 is 32.3 Å². The molecule has 0 radical (unpaired) electrons. The average molecular weight is 405 g/mol. The van der Waals surface area contributed by atoms with Crippen LogP contribution >= 0.6 is 0 Å². The minimum atomic E-state index is -4.45. The van der Waals surface area contributed by atoms with E-state index in [0.717, 1.165) is 17.0 Å². The summed E-state index contributed by atoms with van der Waals surface area (Å²) in [6, 6.07) is 4.05. The number of rotatable bonds is 7. The predicted octanol–water partition coefficient (Wildman–Crippen LogP) is 2.78. The molecular weight excluding hydrogens is 382 g/mol. The molecule has 6 nitrogen and oxygen atoms in total. The fraction of sp³-hybridized carbons (Fsp3) is 0.556. The Morgan fingerprint density at radius 2 is 2.04 bits per heavy atom. The summed E-state index contributed by atoms with van der Waals surface area (Å²) in [7, 11) is 1.51. The number of alkyl halides is 4. The first-order valence-corrected chi connectivity index (χ1v) is 8.80. The molecule has 2 N–H and O–H groups in total. The third-order valence-electron chi connectivity index (χ3n) is 5.07. The molecule has 1 amide bonds.